The van der Waals surface area contributed by atoms with Crippen LogP contribution in [0.1, 0.15) is 15.9 Å². The standard InChI is InChI=1S/C15H15BrN2O2/c1-9-7-10(3-5-12(9)16)15(19)18-14-6-4-11(20-2)8-13(14)17/h3-8H,17H2,1-2H3,(H,18,19). The predicted octanol–water partition coefficient (Wildman–Crippen LogP) is 3.60. The molecule has 0 spiro atoms. The van der Waals surface area contributed by atoms with Crippen LogP contribution in [0.2, 0.25) is 0 Å². The number of methoxy groups -OCH3 is 1. The van der Waals surface area contributed by atoms with Gasteiger partial charge in [-0.05, 0) is 42.8 Å². The largest absolute Gasteiger partial charge is 0.497 e. The molecule has 2 rings (SSSR count). The number of nitrogens with one attached hydrogen (secondary N) is 1. The third kappa shape index (κ3) is 3.11. The Labute approximate surface area is 126 Å². The number of aryl methyl sites for hydroxylation is 1. The molecular formula is C15H15BrN2O2. The molecule has 0 bridgehead atoms. The molecule has 5 heteroatoms. The molecule has 2 aromatic rings. The van der Waals surface area contributed by atoms with Crippen LogP contribution in [0.15, 0.2) is 40.9 Å². The highest BCUT2D eigenvalue weighted by Gasteiger charge is 2.09. The van der Waals surface area contributed by atoms with Gasteiger partial charge in [0.15, 0.2) is 0 Å². The average molecular weight is 335 g/mol. The second kappa shape index (κ2) is 5.96. The van der Waals surface area contributed by atoms with E-state index in [-0.39, 0.29) is 5.91 Å². The van der Waals surface area contributed by atoms with Gasteiger partial charge in [-0.25, -0.2) is 0 Å². The van der Waals surface area contributed by atoms with Gasteiger partial charge >= 0.3 is 0 Å². The highest BCUT2D eigenvalue weighted by molar-refractivity contribution is 9.10. The van der Waals surface area contributed by atoms with Crippen molar-refractivity contribution in [3.63, 3.8) is 0 Å². The Morgan fingerprint density at radius 1 is 1.25 bits per heavy atom. The van der Waals surface area contributed by atoms with Gasteiger partial charge in [0.1, 0.15) is 5.75 Å². The molecule has 4 nitrogen and oxygen atoms in total. The number of nitrogen functional groups attached to an aromatic ring is 1. The molecule has 0 aliphatic rings. The molecule has 0 saturated carbocycles. The fourth-order valence-corrected chi connectivity index (χ4v) is 2.01. The molecule has 0 heterocycles. The number of carbonyl (C=O) groups excluding carboxylic acids is 1. The van der Waals surface area contributed by atoms with E-state index in [2.05, 4.69) is 21.2 Å². The molecule has 0 saturated heterocycles. The summed E-state index contributed by atoms with van der Waals surface area (Å²) in [6.45, 7) is 1.93. The molecule has 2 aromatic carbocycles. The summed E-state index contributed by atoms with van der Waals surface area (Å²) in [4.78, 5) is 12.2. The Morgan fingerprint density at radius 2 is 2.00 bits per heavy atom. The quantitative estimate of drug-likeness (QED) is 0.843. The lowest BCUT2D eigenvalue weighted by molar-refractivity contribution is 0.102. The monoisotopic (exact) mass is 334 g/mol. The van der Waals surface area contributed by atoms with Gasteiger partial charge < -0.3 is 15.8 Å². The van der Waals surface area contributed by atoms with Crippen molar-refractivity contribution in [2.75, 3.05) is 18.2 Å². The minimum absolute atomic E-state index is 0.197. The van der Waals surface area contributed by atoms with Crippen molar-refractivity contribution >= 4 is 33.2 Å². The van der Waals surface area contributed by atoms with Crippen molar-refractivity contribution in [3.8, 4) is 5.75 Å². The van der Waals surface area contributed by atoms with Crippen molar-refractivity contribution in [1.82, 2.24) is 0 Å². The number of carbonyl (C=O) groups is 1. The molecule has 0 aliphatic heterocycles. The smallest absolute Gasteiger partial charge is 0.255 e. The van der Waals surface area contributed by atoms with Crippen LogP contribution in [0.4, 0.5) is 11.4 Å². The minimum Gasteiger partial charge on any atom is -0.497 e. The summed E-state index contributed by atoms with van der Waals surface area (Å²) in [6, 6.07) is 10.6. The Bertz CT molecular complexity index is 656. The van der Waals surface area contributed by atoms with E-state index in [4.69, 9.17) is 10.5 Å². The molecule has 20 heavy (non-hydrogen) atoms. The first-order chi connectivity index (χ1) is 9.51. The first-order valence-electron chi connectivity index (χ1n) is 6.02. The second-order valence-electron chi connectivity index (χ2n) is 4.37. The van der Waals surface area contributed by atoms with Gasteiger partial charge in [-0.2, -0.15) is 0 Å². The number of nitrogens with two attached hydrogens (primary N) is 1. The van der Waals surface area contributed by atoms with Crippen molar-refractivity contribution in [2.45, 2.75) is 6.92 Å². The van der Waals surface area contributed by atoms with Crippen LogP contribution >= 0.6 is 15.9 Å². The fraction of sp³-hybridized carbons (Fsp3) is 0.133. The van der Waals surface area contributed by atoms with Crippen molar-refractivity contribution < 1.29 is 9.53 Å². The zero-order chi connectivity index (χ0) is 14.7. The second-order valence-corrected chi connectivity index (χ2v) is 5.23. The van der Waals surface area contributed by atoms with E-state index in [0.717, 1.165) is 10.0 Å². The molecule has 0 aliphatic carbocycles. The first-order valence-corrected chi connectivity index (χ1v) is 6.81. The molecular weight excluding hydrogens is 320 g/mol. The Kier molecular flexibility index (Phi) is 4.29. The van der Waals surface area contributed by atoms with Crippen LogP contribution in [-0.4, -0.2) is 13.0 Å². The van der Waals surface area contributed by atoms with E-state index >= 15 is 0 Å². The average Bonchev–Trinajstić information content (AvgIpc) is 2.43. The maximum absolute atomic E-state index is 12.2. The predicted molar refractivity (Wildman–Crippen MR) is 84.2 cm³/mol. The minimum atomic E-state index is -0.197. The molecule has 0 fully saturated rings. The summed E-state index contributed by atoms with van der Waals surface area (Å²) in [7, 11) is 1.57. The normalized spacial score (nSPS) is 10.2. The van der Waals surface area contributed by atoms with E-state index in [1.165, 1.54) is 0 Å². The fourth-order valence-electron chi connectivity index (χ4n) is 1.76. The number of amides is 1. The van der Waals surface area contributed by atoms with Gasteiger partial charge in [-0.15, -0.1) is 0 Å². The summed E-state index contributed by atoms with van der Waals surface area (Å²) in [6.07, 6.45) is 0. The summed E-state index contributed by atoms with van der Waals surface area (Å²) in [5.74, 6) is 0.456. The first kappa shape index (κ1) is 14.4. The zero-order valence-corrected chi connectivity index (χ0v) is 12.8. The number of ether oxygens (including phenoxy) is 1. The molecule has 0 unspecified atom stereocenters. The highest BCUT2D eigenvalue weighted by atomic mass is 79.9. The Morgan fingerprint density at radius 3 is 2.60 bits per heavy atom. The molecule has 0 aromatic heterocycles. The highest BCUT2D eigenvalue weighted by Crippen LogP contribution is 2.25. The van der Waals surface area contributed by atoms with Gasteiger partial charge in [-0.1, -0.05) is 15.9 Å². The van der Waals surface area contributed by atoms with Crippen molar-refractivity contribution in [3.05, 3.63) is 52.0 Å². The lowest BCUT2D eigenvalue weighted by Gasteiger charge is -2.10. The third-order valence-corrected chi connectivity index (χ3v) is 3.82. The van der Waals surface area contributed by atoms with Crippen molar-refractivity contribution in [1.29, 1.82) is 0 Å². The summed E-state index contributed by atoms with van der Waals surface area (Å²) >= 11 is 3.41. The van der Waals surface area contributed by atoms with Crippen LogP contribution < -0.4 is 15.8 Å². The van der Waals surface area contributed by atoms with E-state index in [1.807, 2.05) is 19.1 Å². The zero-order valence-electron chi connectivity index (χ0n) is 11.2. The lowest BCUT2D eigenvalue weighted by Crippen LogP contribution is -2.13. The Balaban J connectivity index is 2.21. The van der Waals surface area contributed by atoms with Gasteiger partial charge in [0.05, 0.1) is 18.5 Å². The van der Waals surface area contributed by atoms with Crippen LogP contribution in [-0.2, 0) is 0 Å². The summed E-state index contributed by atoms with van der Waals surface area (Å²) in [5.41, 5.74) is 8.49. The maximum Gasteiger partial charge on any atom is 0.255 e. The van der Waals surface area contributed by atoms with E-state index < -0.39 is 0 Å². The van der Waals surface area contributed by atoms with Crippen LogP contribution in [0.5, 0.6) is 5.75 Å². The van der Waals surface area contributed by atoms with E-state index in [9.17, 15) is 4.79 Å². The van der Waals surface area contributed by atoms with Gasteiger partial charge in [0.25, 0.3) is 5.91 Å². The number of halogens is 1. The van der Waals surface area contributed by atoms with Gasteiger partial charge in [-0.3, -0.25) is 4.79 Å². The molecule has 0 radical (unpaired) electrons. The third-order valence-electron chi connectivity index (χ3n) is 2.93. The molecule has 1 amide bonds. The lowest BCUT2D eigenvalue weighted by atomic mass is 10.1. The summed E-state index contributed by atoms with van der Waals surface area (Å²) < 4.78 is 6.04. The van der Waals surface area contributed by atoms with E-state index in [0.29, 0.717) is 22.7 Å². The maximum atomic E-state index is 12.2. The molecule has 3 N–H and O–H groups in total. The number of benzene rings is 2. The Hall–Kier alpha value is -2.01. The van der Waals surface area contributed by atoms with Crippen LogP contribution in [0.25, 0.3) is 0 Å². The number of hydrogen-bond acceptors (Lipinski definition) is 3. The molecule has 0 atom stereocenters. The number of rotatable bonds is 3. The van der Waals surface area contributed by atoms with Crippen molar-refractivity contribution in [2.24, 2.45) is 0 Å². The van der Waals surface area contributed by atoms with Crippen LogP contribution in [0.3, 0.4) is 0 Å². The van der Waals surface area contributed by atoms with E-state index in [1.54, 1.807) is 31.4 Å². The summed E-state index contributed by atoms with van der Waals surface area (Å²) in [5, 5.41) is 2.79. The molecule has 104 valence electrons. The number of anilines is 2. The topological polar surface area (TPSA) is 64.3 Å². The van der Waals surface area contributed by atoms with Gasteiger partial charge in [0.2, 0.25) is 0 Å². The van der Waals surface area contributed by atoms with Crippen LogP contribution in [0, 0.1) is 6.92 Å². The SMILES string of the molecule is COc1ccc(NC(=O)c2ccc(Br)c(C)c2)c(N)c1. The number of hydrogen-bond donors (Lipinski definition) is 2. The van der Waals surface area contributed by atoms with Gasteiger partial charge in [0, 0.05) is 16.1 Å².